The van der Waals surface area contributed by atoms with Gasteiger partial charge in [-0.2, -0.15) is 0 Å². The standard InChI is InChI=1S/C20H28O3/c1-19-7-5-14(22)10-13(19)3-4-15-16(19)6-8-20(2)17(23)9-12(11-21)18(15)20/h10,12,15-16,18,21H,3-9,11H2,1-2H3/t12-,15-,16+,18+,19+,20-/m1/s1. The van der Waals surface area contributed by atoms with Gasteiger partial charge in [0.05, 0.1) is 0 Å². The molecule has 0 amide bonds. The molecule has 6 atom stereocenters. The Bertz CT molecular complexity index is 592. The molecule has 0 bridgehead atoms. The van der Waals surface area contributed by atoms with Crippen LogP contribution in [0.2, 0.25) is 0 Å². The van der Waals surface area contributed by atoms with Crippen LogP contribution in [0.1, 0.15) is 58.8 Å². The minimum atomic E-state index is -0.212. The highest BCUT2D eigenvalue weighted by molar-refractivity contribution is 5.91. The van der Waals surface area contributed by atoms with Gasteiger partial charge in [-0.3, -0.25) is 9.59 Å². The highest BCUT2D eigenvalue weighted by atomic mass is 16.3. The first-order valence-corrected chi connectivity index (χ1v) is 9.28. The van der Waals surface area contributed by atoms with Gasteiger partial charge >= 0.3 is 0 Å². The van der Waals surface area contributed by atoms with Crippen molar-refractivity contribution in [2.45, 2.75) is 58.8 Å². The van der Waals surface area contributed by atoms with Crippen molar-refractivity contribution in [3.63, 3.8) is 0 Å². The van der Waals surface area contributed by atoms with Crippen molar-refractivity contribution in [3.05, 3.63) is 11.6 Å². The molecule has 126 valence electrons. The van der Waals surface area contributed by atoms with E-state index in [4.69, 9.17) is 0 Å². The second-order valence-corrected chi connectivity index (χ2v) is 8.91. The second kappa shape index (κ2) is 5.02. The minimum Gasteiger partial charge on any atom is -0.396 e. The summed E-state index contributed by atoms with van der Waals surface area (Å²) in [7, 11) is 0. The van der Waals surface area contributed by atoms with Gasteiger partial charge in [-0.25, -0.2) is 0 Å². The second-order valence-electron chi connectivity index (χ2n) is 8.91. The Kier molecular flexibility index (Phi) is 3.39. The molecule has 0 heterocycles. The lowest BCUT2D eigenvalue weighted by molar-refractivity contribution is -0.133. The quantitative estimate of drug-likeness (QED) is 0.807. The normalized spacial score (nSPS) is 49.3. The van der Waals surface area contributed by atoms with Crippen LogP contribution in [0.5, 0.6) is 0 Å². The van der Waals surface area contributed by atoms with E-state index in [0.717, 1.165) is 32.1 Å². The van der Waals surface area contributed by atoms with E-state index in [0.29, 0.717) is 42.2 Å². The first kappa shape index (κ1) is 15.6. The van der Waals surface area contributed by atoms with Crippen LogP contribution < -0.4 is 0 Å². The fourth-order valence-electron chi connectivity index (χ4n) is 6.78. The third-order valence-electron chi connectivity index (χ3n) is 8.04. The molecule has 0 aromatic heterocycles. The van der Waals surface area contributed by atoms with Crippen LogP contribution in [-0.4, -0.2) is 23.3 Å². The predicted molar refractivity (Wildman–Crippen MR) is 87.7 cm³/mol. The molecule has 0 radical (unpaired) electrons. The van der Waals surface area contributed by atoms with Gasteiger partial charge in [0.15, 0.2) is 5.78 Å². The van der Waals surface area contributed by atoms with Crippen LogP contribution in [-0.2, 0) is 9.59 Å². The SMILES string of the molecule is C[C@]12CCC(=O)C=C1CC[C@H]1[C@@H]3[C@@H](CO)CC(=O)[C@@]3(C)CC[C@@H]12. The molecule has 0 spiro atoms. The van der Waals surface area contributed by atoms with Gasteiger partial charge in [0.2, 0.25) is 0 Å². The lowest BCUT2D eigenvalue weighted by Gasteiger charge is -2.57. The molecule has 0 aromatic rings. The molecule has 1 N–H and O–H groups in total. The molecular formula is C20H28O3. The Labute approximate surface area is 138 Å². The zero-order valence-corrected chi connectivity index (χ0v) is 14.3. The van der Waals surface area contributed by atoms with Crippen molar-refractivity contribution < 1.29 is 14.7 Å². The number of Topliss-reactive ketones (excluding diaryl/α,β-unsaturated/α-hetero) is 1. The monoisotopic (exact) mass is 316 g/mol. The number of hydrogen-bond donors (Lipinski definition) is 1. The fourth-order valence-corrected chi connectivity index (χ4v) is 6.78. The van der Waals surface area contributed by atoms with Crippen LogP contribution in [0.4, 0.5) is 0 Å². The van der Waals surface area contributed by atoms with Gasteiger partial charge in [0, 0.05) is 24.9 Å². The summed E-state index contributed by atoms with van der Waals surface area (Å²) in [5.74, 6) is 2.28. The molecule has 4 rings (SSSR count). The number of aliphatic hydroxyl groups is 1. The van der Waals surface area contributed by atoms with Crippen LogP contribution >= 0.6 is 0 Å². The molecule has 4 aliphatic rings. The Hall–Kier alpha value is -0.960. The first-order chi connectivity index (χ1) is 10.9. The maximum absolute atomic E-state index is 12.6. The van der Waals surface area contributed by atoms with Gasteiger partial charge in [0.25, 0.3) is 0 Å². The number of ketones is 2. The smallest absolute Gasteiger partial charge is 0.155 e. The molecule has 3 heteroatoms. The topological polar surface area (TPSA) is 54.4 Å². The van der Waals surface area contributed by atoms with Crippen molar-refractivity contribution in [3.8, 4) is 0 Å². The van der Waals surface area contributed by atoms with Crippen molar-refractivity contribution in [2.75, 3.05) is 6.61 Å². The molecule has 3 nitrogen and oxygen atoms in total. The fraction of sp³-hybridized carbons (Fsp3) is 0.800. The lowest BCUT2D eigenvalue weighted by atomic mass is 9.47. The third kappa shape index (κ3) is 1.98. The maximum atomic E-state index is 12.6. The van der Waals surface area contributed by atoms with Gasteiger partial charge in [-0.1, -0.05) is 19.4 Å². The maximum Gasteiger partial charge on any atom is 0.155 e. The molecule has 3 fully saturated rings. The number of rotatable bonds is 1. The van der Waals surface area contributed by atoms with Gasteiger partial charge in [-0.05, 0) is 67.3 Å². The van der Waals surface area contributed by atoms with E-state index in [1.807, 2.05) is 6.08 Å². The van der Waals surface area contributed by atoms with Crippen molar-refractivity contribution in [1.29, 1.82) is 0 Å². The highest BCUT2D eigenvalue weighted by Gasteiger charge is 2.61. The van der Waals surface area contributed by atoms with Crippen LogP contribution in [0.3, 0.4) is 0 Å². The van der Waals surface area contributed by atoms with Crippen LogP contribution in [0, 0.1) is 34.5 Å². The Balaban J connectivity index is 1.72. The summed E-state index contributed by atoms with van der Waals surface area (Å²) in [5.41, 5.74) is 1.30. The van der Waals surface area contributed by atoms with E-state index in [1.165, 1.54) is 5.57 Å². The zero-order chi connectivity index (χ0) is 16.4. The Morgan fingerprint density at radius 3 is 2.65 bits per heavy atom. The predicted octanol–water partition coefficient (Wildman–Crippen LogP) is 3.31. The molecule has 0 aromatic carbocycles. The number of carbonyl (C=O) groups is 2. The molecule has 23 heavy (non-hydrogen) atoms. The molecule has 0 unspecified atom stereocenters. The highest BCUT2D eigenvalue weighted by Crippen LogP contribution is 2.65. The molecule has 0 saturated heterocycles. The number of fused-ring (bicyclic) bond motifs is 5. The summed E-state index contributed by atoms with van der Waals surface area (Å²) in [6.07, 6.45) is 8.30. The zero-order valence-electron chi connectivity index (χ0n) is 14.3. The van der Waals surface area contributed by atoms with Gasteiger partial charge < -0.3 is 5.11 Å². The van der Waals surface area contributed by atoms with E-state index in [-0.39, 0.29) is 23.4 Å². The average Bonchev–Trinajstić information content (AvgIpc) is 2.79. The molecule has 4 aliphatic carbocycles. The summed E-state index contributed by atoms with van der Waals surface area (Å²) in [4.78, 5) is 24.5. The van der Waals surface area contributed by atoms with Crippen molar-refractivity contribution in [1.82, 2.24) is 0 Å². The van der Waals surface area contributed by atoms with Crippen LogP contribution in [0.25, 0.3) is 0 Å². The summed E-state index contributed by atoms with van der Waals surface area (Å²) < 4.78 is 0. The van der Waals surface area contributed by atoms with E-state index in [1.54, 1.807) is 0 Å². The number of carbonyl (C=O) groups excluding carboxylic acids is 2. The minimum absolute atomic E-state index is 0.143. The Morgan fingerprint density at radius 2 is 1.91 bits per heavy atom. The first-order valence-electron chi connectivity index (χ1n) is 9.28. The van der Waals surface area contributed by atoms with E-state index in [9.17, 15) is 14.7 Å². The third-order valence-corrected chi connectivity index (χ3v) is 8.04. The van der Waals surface area contributed by atoms with E-state index < -0.39 is 0 Å². The molecule has 0 aliphatic heterocycles. The van der Waals surface area contributed by atoms with Gasteiger partial charge in [-0.15, -0.1) is 0 Å². The number of hydrogen-bond acceptors (Lipinski definition) is 3. The van der Waals surface area contributed by atoms with Gasteiger partial charge in [0.1, 0.15) is 5.78 Å². The summed E-state index contributed by atoms with van der Waals surface area (Å²) in [6.45, 7) is 4.66. The summed E-state index contributed by atoms with van der Waals surface area (Å²) in [5, 5.41) is 9.85. The average molecular weight is 316 g/mol. The summed E-state index contributed by atoms with van der Waals surface area (Å²) >= 11 is 0. The number of aliphatic hydroxyl groups excluding tert-OH is 1. The lowest BCUT2D eigenvalue weighted by Crippen LogP contribution is -2.52. The van der Waals surface area contributed by atoms with E-state index >= 15 is 0 Å². The summed E-state index contributed by atoms with van der Waals surface area (Å²) in [6, 6.07) is 0. The van der Waals surface area contributed by atoms with Crippen molar-refractivity contribution in [2.24, 2.45) is 34.5 Å². The Morgan fingerprint density at radius 1 is 1.13 bits per heavy atom. The molecule has 3 saturated carbocycles. The van der Waals surface area contributed by atoms with Crippen LogP contribution in [0.15, 0.2) is 11.6 Å². The number of allylic oxidation sites excluding steroid dienone is 1. The largest absolute Gasteiger partial charge is 0.396 e. The van der Waals surface area contributed by atoms with E-state index in [2.05, 4.69) is 13.8 Å². The molecular weight excluding hydrogens is 288 g/mol. The van der Waals surface area contributed by atoms with Crippen molar-refractivity contribution >= 4 is 11.6 Å².